The maximum atomic E-state index is 14.0. The number of rotatable bonds is 16. The van der Waals surface area contributed by atoms with Gasteiger partial charge in [0.1, 0.15) is 0 Å². The van der Waals surface area contributed by atoms with E-state index in [2.05, 4.69) is 4.74 Å². The molecule has 0 heterocycles. The number of alkyl halides is 21. The van der Waals surface area contributed by atoms with Crippen LogP contribution in [0, 0.1) is 0 Å². The van der Waals surface area contributed by atoms with Gasteiger partial charge in [-0.15, -0.1) is 0 Å². The first-order chi connectivity index (χ1) is 21.0. The van der Waals surface area contributed by atoms with E-state index in [1.807, 2.05) is 0 Å². The smallest absolute Gasteiger partial charge is 0.402 e. The van der Waals surface area contributed by atoms with Crippen LogP contribution in [0.25, 0.3) is 0 Å². The lowest BCUT2D eigenvalue weighted by Gasteiger charge is -2.37. The minimum Gasteiger partial charge on any atom is -0.402 e. The van der Waals surface area contributed by atoms with Crippen LogP contribution in [0.5, 0.6) is 0 Å². The third-order valence-corrected chi connectivity index (χ3v) is 11.4. The van der Waals surface area contributed by atoms with Crippen LogP contribution in [-0.4, -0.2) is 91.0 Å². The lowest BCUT2D eigenvalue weighted by Crippen LogP contribution is -2.70. The fourth-order valence-corrected chi connectivity index (χ4v) is 7.31. The fraction of sp³-hybridized carbons (Fsp3) is 0.833. The first-order valence-electron chi connectivity index (χ1n) is 9.79. The SMILES string of the molecule is C=C(F)OC(F)(F)C(F)(OC(F)(F)C(F)(F)S(=O)(=O)NS(=O)(=O)C(F)(F)C(F)(F)C(F)(F)C(F)(F)S(=O)(=O)NS(=O)(=O)C(F)(F)F)C(F)(F)F. The Morgan fingerprint density at radius 1 is 0.460 bits per heavy atom. The predicted octanol–water partition coefficient (Wildman–Crippen LogP) is 3.94. The summed E-state index contributed by atoms with van der Waals surface area (Å²) in [6.45, 7) is 1.57. The number of sulfonamides is 4. The van der Waals surface area contributed by atoms with E-state index in [4.69, 9.17) is 0 Å². The van der Waals surface area contributed by atoms with Gasteiger partial charge in [0.25, 0.3) is 36.1 Å². The Morgan fingerprint density at radius 2 is 0.740 bits per heavy atom. The molecule has 0 aliphatic heterocycles. The van der Waals surface area contributed by atoms with Gasteiger partial charge < -0.3 is 4.74 Å². The minimum absolute atomic E-state index is 1.34. The van der Waals surface area contributed by atoms with Gasteiger partial charge in [0.05, 0.1) is 0 Å². The number of ether oxygens (including phenoxy) is 2. The van der Waals surface area contributed by atoms with Gasteiger partial charge in [-0.05, 0) is 6.58 Å². The van der Waals surface area contributed by atoms with Crippen LogP contribution in [-0.2, 0) is 49.6 Å². The molecule has 0 amide bonds. The zero-order valence-electron chi connectivity index (χ0n) is 21.2. The normalized spacial score (nSPS) is 17.3. The Kier molecular flexibility index (Phi) is 11.8. The highest BCUT2D eigenvalue weighted by Gasteiger charge is 2.89. The van der Waals surface area contributed by atoms with Crippen LogP contribution in [0.2, 0.25) is 0 Å². The van der Waals surface area contributed by atoms with Crippen molar-refractivity contribution in [3.63, 3.8) is 0 Å². The summed E-state index contributed by atoms with van der Waals surface area (Å²) in [5.41, 5.74) is -7.15. The number of hydrogen-bond acceptors (Lipinski definition) is 10. The van der Waals surface area contributed by atoms with Crippen molar-refractivity contribution in [2.45, 2.75) is 57.4 Å². The van der Waals surface area contributed by atoms with Gasteiger partial charge >= 0.3 is 67.4 Å². The highest BCUT2D eigenvalue weighted by Crippen LogP contribution is 2.57. The minimum atomic E-state index is -9.25. The van der Waals surface area contributed by atoms with Crippen LogP contribution in [0.4, 0.5) is 96.6 Å². The van der Waals surface area contributed by atoms with E-state index in [-0.39, 0.29) is 0 Å². The fourth-order valence-electron chi connectivity index (χ4n) is 2.08. The van der Waals surface area contributed by atoms with Gasteiger partial charge in [-0.3, -0.25) is 4.74 Å². The molecule has 0 aliphatic rings. The van der Waals surface area contributed by atoms with Crippen molar-refractivity contribution < 1.29 is 140 Å². The first-order valence-corrected chi connectivity index (χ1v) is 15.7. The van der Waals surface area contributed by atoms with E-state index >= 15 is 0 Å². The third-order valence-electron chi connectivity index (χ3n) is 4.47. The molecule has 0 aromatic heterocycles. The maximum Gasteiger partial charge on any atom is 0.512 e. The molecule has 50 heavy (non-hydrogen) atoms. The molecule has 0 aliphatic carbocycles. The number of halogens is 22. The van der Waals surface area contributed by atoms with Crippen molar-refractivity contribution in [3.05, 3.63) is 12.6 Å². The average molecular weight is 882 g/mol. The summed E-state index contributed by atoms with van der Waals surface area (Å²) in [5.74, 6) is -25.9. The summed E-state index contributed by atoms with van der Waals surface area (Å²) >= 11 is 0. The molecule has 38 heteroatoms. The summed E-state index contributed by atoms with van der Waals surface area (Å²) in [6.07, 6.45) is -23.7. The Bertz CT molecular complexity index is 1770. The van der Waals surface area contributed by atoms with Gasteiger partial charge in [0.15, 0.2) is 0 Å². The summed E-state index contributed by atoms with van der Waals surface area (Å²) in [5, 5.41) is -25.6. The molecule has 0 saturated heterocycles. The van der Waals surface area contributed by atoms with Crippen molar-refractivity contribution in [1.29, 1.82) is 0 Å². The molecule has 0 rings (SSSR count). The second kappa shape index (κ2) is 12.4. The molecule has 300 valence electrons. The second-order valence-corrected chi connectivity index (χ2v) is 15.4. The molecular formula is C12H4F22N2O10S4. The zero-order valence-corrected chi connectivity index (χ0v) is 24.5. The van der Waals surface area contributed by atoms with Crippen molar-refractivity contribution in [2.24, 2.45) is 0 Å². The molecule has 0 radical (unpaired) electrons. The molecular weight excluding hydrogens is 878 g/mol. The molecule has 2 N–H and O–H groups in total. The molecule has 0 saturated carbocycles. The summed E-state index contributed by atoms with van der Waals surface area (Å²) in [4.78, 5) is 0. The monoisotopic (exact) mass is 882 g/mol. The van der Waals surface area contributed by atoms with Gasteiger partial charge in [0, 0.05) is 0 Å². The van der Waals surface area contributed by atoms with Crippen LogP contribution in [0.3, 0.4) is 0 Å². The van der Waals surface area contributed by atoms with Gasteiger partial charge in [-0.2, -0.15) is 96.6 Å². The highest BCUT2D eigenvalue weighted by molar-refractivity contribution is 8.06. The van der Waals surface area contributed by atoms with Crippen LogP contribution in [0.1, 0.15) is 0 Å². The third kappa shape index (κ3) is 7.44. The molecule has 0 spiro atoms. The molecule has 12 nitrogen and oxygen atoms in total. The largest absolute Gasteiger partial charge is 0.512 e. The molecule has 0 aromatic rings. The highest BCUT2D eigenvalue weighted by atomic mass is 32.3. The second-order valence-electron chi connectivity index (χ2n) is 8.01. The van der Waals surface area contributed by atoms with E-state index in [0.717, 1.165) is 0 Å². The van der Waals surface area contributed by atoms with E-state index in [0.29, 0.717) is 0 Å². The van der Waals surface area contributed by atoms with Gasteiger partial charge in [0.2, 0.25) is 0 Å². The van der Waals surface area contributed by atoms with Crippen LogP contribution in [0.15, 0.2) is 12.6 Å². The van der Waals surface area contributed by atoms with Gasteiger partial charge in [-0.1, -0.05) is 8.25 Å². The topological polar surface area (TPSA) is 179 Å². The summed E-state index contributed by atoms with van der Waals surface area (Å²) in [7, 11) is -35.0. The predicted molar refractivity (Wildman–Crippen MR) is 105 cm³/mol. The van der Waals surface area contributed by atoms with Gasteiger partial charge in [-0.25, -0.2) is 33.7 Å². The molecule has 1 unspecified atom stereocenters. The standard InChI is InChI=1S/C12H4F22N2O10S4/c1-2(13)45-7(22,23)5(18,6(19,20)21)46-8(24,25)11(30,31)49(41,42)35-47(37,38)9(26,27)3(14,15)4(16,17)10(28,29)48(39,40)36-50(43,44)12(32,33)34/h35-36H,1H2. The maximum absolute atomic E-state index is 14.0. The zero-order chi connectivity index (χ0) is 41.4. The van der Waals surface area contributed by atoms with Crippen LogP contribution >= 0.6 is 0 Å². The summed E-state index contributed by atoms with van der Waals surface area (Å²) < 4.78 is 384. The van der Waals surface area contributed by atoms with Crippen LogP contribution < -0.4 is 8.25 Å². The van der Waals surface area contributed by atoms with Crippen molar-refractivity contribution in [3.8, 4) is 0 Å². The van der Waals surface area contributed by atoms with Crippen molar-refractivity contribution in [1.82, 2.24) is 8.25 Å². The van der Waals surface area contributed by atoms with Crippen molar-refractivity contribution in [2.75, 3.05) is 0 Å². The molecule has 0 aromatic carbocycles. The Hall–Kier alpha value is -2.32. The first kappa shape index (κ1) is 47.7. The Morgan fingerprint density at radius 3 is 1.00 bits per heavy atom. The number of nitrogens with one attached hydrogen (secondary N) is 2. The van der Waals surface area contributed by atoms with E-state index in [9.17, 15) is 130 Å². The summed E-state index contributed by atoms with van der Waals surface area (Å²) in [6, 6.07) is -3.31. The van der Waals surface area contributed by atoms with Crippen molar-refractivity contribution >= 4 is 40.1 Å². The average Bonchev–Trinajstić information content (AvgIpc) is 2.79. The molecule has 0 bridgehead atoms. The molecule has 1 atom stereocenters. The van der Waals surface area contributed by atoms with E-state index < -0.39 is 112 Å². The number of hydrogen-bond donors (Lipinski definition) is 2. The quantitative estimate of drug-likeness (QED) is 0.171. The lowest BCUT2D eigenvalue weighted by atomic mass is 10.2. The lowest BCUT2D eigenvalue weighted by molar-refractivity contribution is -0.510. The molecule has 0 fully saturated rings. The Balaban J connectivity index is 7.19. The Labute approximate surface area is 258 Å². The van der Waals surface area contributed by atoms with E-state index in [1.54, 1.807) is 6.58 Å². The van der Waals surface area contributed by atoms with E-state index in [1.165, 1.54) is 4.74 Å².